The normalized spacial score (nSPS) is 27.1. The van der Waals surface area contributed by atoms with Crippen molar-refractivity contribution in [3.05, 3.63) is 34.8 Å². The number of carbonyl (C=O) groups is 3. The number of carboxylic acid groups (broad SMARTS) is 1. The zero-order chi connectivity index (χ0) is 17.4. The molecule has 2 N–H and O–H groups in total. The van der Waals surface area contributed by atoms with E-state index in [4.69, 9.17) is 4.74 Å². The van der Waals surface area contributed by atoms with Crippen molar-refractivity contribution in [3.8, 4) is 0 Å². The second-order valence-electron chi connectivity index (χ2n) is 7.63. The Hall–Kier alpha value is -2.57. The quantitative estimate of drug-likeness (QED) is 0.823. The Balaban J connectivity index is 1.73. The number of aromatic carboxylic acids is 1. The van der Waals surface area contributed by atoms with E-state index >= 15 is 0 Å². The fourth-order valence-corrected chi connectivity index (χ4v) is 3.90. The number of allylic oxidation sites excluding steroid dienone is 2. The molecule has 0 radical (unpaired) electrons. The Morgan fingerprint density at radius 2 is 2.12 bits per heavy atom. The Labute approximate surface area is 138 Å². The number of piperidine rings is 1. The number of fused-ring (bicyclic) bond motifs is 1. The first kappa shape index (κ1) is 15.0. The van der Waals surface area contributed by atoms with Crippen LogP contribution in [-0.2, 0) is 10.2 Å². The summed E-state index contributed by atoms with van der Waals surface area (Å²) >= 11 is 0. The second kappa shape index (κ2) is 4.28. The Kier molecular flexibility index (Phi) is 2.68. The third-order valence-electron chi connectivity index (χ3n) is 4.91. The summed E-state index contributed by atoms with van der Waals surface area (Å²) in [5, 5.41) is 9.18. The van der Waals surface area contributed by atoms with Crippen LogP contribution in [0.2, 0.25) is 0 Å². The molecule has 3 aliphatic rings. The van der Waals surface area contributed by atoms with E-state index in [-0.39, 0.29) is 17.4 Å². The van der Waals surface area contributed by atoms with Crippen LogP contribution in [0, 0.1) is 5.92 Å². The van der Waals surface area contributed by atoms with Crippen LogP contribution >= 0.6 is 0 Å². The van der Waals surface area contributed by atoms with Crippen molar-refractivity contribution < 1.29 is 24.2 Å². The number of carbonyl (C=O) groups excluding carboxylic acids is 2. The van der Waals surface area contributed by atoms with E-state index in [1.807, 2.05) is 0 Å². The summed E-state index contributed by atoms with van der Waals surface area (Å²) in [5.41, 5.74) is 0.605. The number of H-pyrrole nitrogens is 1. The number of hydrogen-bond acceptors (Lipinski definition) is 4. The van der Waals surface area contributed by atoms with Crippen LogP contribution < -0.4 is 0 Å². The molecule has 2 fully saturated rings. The van der Waals surface area contributed by atoms with Crippen molar-refractivity contribution in [2.24, 2.45) is 5.92 Å². The molecule has 0 aromatic carbocycles. The number of ether oxygens (including phenoxy) is 1. The summed E-state index contributed by atoms with van der Waals surface area (Å²) in [6, 6.07) is 1.53. The maximum atomic E-state index is 12.5. The molecule has 1 saturated heterocycles. The van der Waals surface area contributed by atoms with Crippen LogP contribution in [0.3, 0.4) is 0 Å². The predicted molar refractivity (Wildman–Crippen MR) is 82.9 cm³/mol. The van der Waals surface area contributed by atoms with Crippen molar-refractivity contribution in [1.29, 1.82) is 0 Å². The zero-order valence-electron chi connectivity index (χ0n) is 13.7. The molecule has 7 nitrogen and oxygen atoms in total. The van der Waals surface area contributed by atoms with Crippen LogP contribution in [0.4, 0.5) is 4.79 Å². The standard InChI is InChI=1S/C17H18N2O5/c1-16(2,3)24-15(23)19-7-8-6-17(8)9-4-10(14(21)22)18-13(9)11(20)5-12(17)19/h4-5,8,18H,6-7H2,1-3H3,(H,21,22)/t8-,17-/m1/s1. The molecule has 1 spiro atoms. The van der Waals surface area contributed by atoms with Gasteiger partial charge in [0.15, 0.2) is 0 Å². The highest BCUT2D eigenvalue weighted by atomic mass is 16.6. The lowest BCUT2D eigenvalue weighted by molar-refractivity contribution is 0.0322. The van der Waals surface area contributed by atoms with E-state index in [9.17, 15) is 19.5 Å². The third kappa shape index (κ3) is 1.87. The monoisotopic (exact) mass is 330 g/mol. The van der Waals surface area contributed by atoms with Gasteiger partial charge in [-0.15, -0.1) is 0 Å². The summed E-state index contributed by atoms with van der Waals surface area (Å²) < 4.78 is 5.44. The lowest BCUT2D eigenvalue weighted by atomic mass is 9.85. The number of rotatable bonds is 1. The van der Waals surface area contributed by atoms with E-state index in [0.29, 0.717) is 23.5 Å². The number of nitrogens with one attached hydrogen (secondary N) is 1. The van der Waals surface area contributed by atoms with Gasteiger partial charge in [-0.2, -0.15) is 0 Å². The molecule has 24 heavy (non-hydrogen) atoms. The Morgan fingerprint density at radius 1 is 1.42 bits per heavy atom. The highest BCUT2D eigenvalue weighted by Gasteiger charge is 2.68. The molecule has 126 valence electrons. The van der Waals surface area contributed by atoms with Crippen LogP contribution in [0.15, 0.2) is 17.8 Å². The molecule has 2 heterocycles. The average molecular weight is 330 g/mol. The highest BCUT2D eigenvalue weighted by molar-refractivity contribution is 6.09. The highest BCUT2D eigenvalue weighted by Crippen LogP contribution is 2.66. The SMILES string of the molecule is CC(C)(C)OC(=O)N1C[C@H]2C[C@@]23C1=CC(=O)c1[nH]c(C(=O)O)cc13. The number of aromatic amines is 1. The molecule has 7 heteroatoms. The Morgan fingerprint density at radius 3 is 2.75 bits per heavy atom. The molecule has 0 bridgehead atoms. The first-order chi connectivity index (χ1) is 11.1. The van der Waals surface area contributed by atoms with Crippen LogP contribution in [-0.4, -0.2) is 45.0 Å². The maximum absolute atomic E-state index is 12.5. The van der Waals surface area contributed by atoms with E-state index < -0.39 is 23.1 Å². The molecule has 1 aromatic rings. The molecule has 4 rings (SSSR count). The molecule has 1 aromatic heterocycles. The summed E-state index contributed by atoms with van der Waals surface area (Å²) in [6.07, 6.45) is 1.79. The van der Waals surface area contributed by atoms with Gasteiger partial charge < -0.3 is 14.8 Å². The maximum Gasteiger partial charge on any atom is 0.414 e. The summed E-state index contributed by atoms with van der Waals surface area (Å²) in [4.78, 5) is 40.3. The van der Waals surface area contributed by atoms with E-state index in [1.165, 1.54) is 17.0 Å². The van der Waals surface area contributed by atoms with Crippen molar-refractivity contribution in [2.45, 2.75) is 38.2 Å². The van der Waals surface area contributed by atoms with E-state index in [0.717, 1.165) is 6.42 Å². The van der Waals surface area contributed by atoms with E-state index in [2.05, 4.69) is 4.98 Å². The number of amides is 1. The topological polar surface area (TPSA) is 99.7 Å². The lowest BCUT2D eigenvalue weighted by Crippen LogP contribution is -2.37. The first-order valence-electron chi connectivity index (χ1n) is 7.87. The van der Waals surface area contributed by atoms with Crippen molar-refractivity contribution in [2.75, 3.05) is 6.54 Å². The van der Waals surface area contributed by atoms with Gasteiger partial charge in [-0.3, -0.25) is 9.69 Å². The molecule has 0 unspecified atom stereocenters. The molecule has 2 aliphatic carbocycles. The minimum atomic E-state index is -1.10. The van der Waals surface area contributed by atoms with Crippen molar-refractivity contribution >= 4 is 17.8 Å². The number of hydrogen-bond donors (Lipinski definition) is 2. The van der Waals surface area contributed by atoms with Gasteiger partial charge in [-0.05, 0) is 44.7 Å². The fourth-order valence-electron chi connectivity index (χ4n) is 3.90. The Bertz CT molecular complexity index is 829. The minimum absolute atomic E-state index is 0.00116. The second-order valence-corrected chi connectivity index (χ2v) is 7.63. The molecule has 1 aliphatic heterocycles. The molecule has 1 saturated carbocycles. The van der Waals surface area contributed by atoms with Crippen molar-refractivity contribution in [3.63, 3.8) is 0 Å². The van der Waals surface area contributed by atoms with Crippen molar-refractivity contribution in [1.82, 2.24) is 9.88 Å². The van der Waals surface area contributed by atoms with Gasteiger partial charge in [0.25, 0.3) is 0 Å². The molecule has 1 amide bonds. The van der Waals surface area contributed by atoms with Crippen LogP contribution in [0.25, 0.3) is 0 Å². The first-order valence-corrected chi connectivity index (χ1v) is 7.87. The lowest BCUT2D eigenvalue weighted by Gasteiger charge is -2.30. The van der Waals surface area contributed by atoms with Gasteiger partial charge in [-0.25, -0.2) is 9.59 Å². The van der Waals surface area contributed by atoms with E-state index in [1.54, 1.807) is 20.8 Å². The van der Waals surface area contributed by atoms with Crippen LogP contribution in [0.5, 0.6) is 0 Å². The number of likely N-dealkylation sites (tertiary alicyclic amines) is 1. The number of carboxylic acids is 1. The number of ketones is 1. The minimum Gasteiger partial charge on any atom is -0.477 e. The zero-order valence-corrected chi connectivity index (χ0v) is 13.7. The van der Waals surface area contributed by atoms with Gasteiger partial charge in [0.2, 0.25) is 5.78 Å². The van der Waals surface area contributed by atoms with Gasteiger partial charge in [0.05, 0.1) is 5.69 Å². The smallest absolute Gasteiger partial charge is 0.414 e. The third-order valence-corrected chi connectivity index (χ3v) is 4.91. The summed E-state index contributed by atoms with van der Waals surface area (Å²) in [7, 11) is 0. The largest absolute Gasteiger partial charge is 0.477 e. The summed E-state index contributed by atoms with van der Waals surface area (Å²) in [5.74, 6) is -1.21. The summed E-state index contributed by atoms with van der Waals surface area (Å²) in [6.45, 7) is 5.87. The van der Waals surface area contributed by atoms with Gasteiger partial charge >= 0.3 is 12.1 Å². The number of nitrogens with zero attached hydrogens (tertiary/aromatic N) is 1. The van der Waals surface area contributed by atoms with Gasteiger partial charge in [0.1, 0.15) is 11.3 Å². The number of aromatic nitrogens is 1. The van der Waals surface area contributed by atoms with Gasteiger partial charge in [-0.1, -0.05) is 0 Å². The van der Waals surface area contributed by atoms with Gasteiger partial charge in [0, 0.05) is 23.7 Å². The molecular weight excluding hydrogens is 312 g/mol. The average Bonchev–Trinajstić information content (AvgIpc) is 2.84. The van der Waals surface area contributed by atoms with Crippen LogP contribution in [0.1, 0.15) is 53.7 Å². The molecular formula is C17H18N2O5. The predicted octanol–water partition coefficient (Wildman–Crippen LogP) is 2.30. The molecule has 2 atom stereocenters. The fraction of sp³-hybridized carbons (Fsp3) is 0.471.